The van der Waals surface area contributed by atoms with Crippen molar-refractivity contribution < 1.29 is 9.90 Å². The minimum absolute atomic E-state index is 0.0622. The van der Waals surface area contributed by atoms with Gasteiger partial charge in [-0.15, -0.1) is 0 Å². The summed E-state index contributed by atoms with van der Waals surface area (Å²) in [5, 5.41) is 13.6. The number of hydrogen-bond acceptors (Lipinski definition) is 2. The topological polar surface area (TPSA) is 65.1 Å². The summed E-state index contributed by atoms with van der Waals surface area (Å²) in [4.78, 5) is 15.3. The van der Waals surface area contributed by atoms with Crippen LogP contribution in [0.25, 0.3) is 10.9 Å². The quantitative estimate of drug-likeness (QED) is 0.800. The summed E-state index contributed by atoms with van der Waals surface area (Å²) in [5.41, 5.74) is 1.60. The number of carbonyl (C=O) groups excluding carboxylic acids is 1. The molecule has 0 bridgehead atoms. The van der Waals surface area contributed by atoms with Crippen molar-refractivity contribution in [2.24, 2.45) is 5.41 Å². The lowest BCUT2D eigenvalue weighted by Gasteiger charge is -2.26. The Morgan fingerprint density at radius 2 is 2.10 bits per heavy atom. The number of hydrogen-bond donors (Lipinski definition) is 3. The molecule has 106 valence electrons. The average molecular weight is 272 g/mol. The van der Waals surface area contributed by atoms with Gasteiger partial charge in [-0.2, -0.15) is 0 Å². The molecule has 0 saturated heterocycles. The van der Waals surface area contributed by atoms with Gasteiger partial charge >= 0.3 is 0 Å². The van der Waals surface area contributed by atoms with Gasteiger partial charge in [-0.1, -0.05) is 12.8 Å². The molecular weight excluding hydrogens is 252 g/mol. The number of carbonyl (C=O) groups is 1. The van der Waals surface area contributed by atoms with Gasteiger partial charge in [0, 0.05) is 34.6 Å². The number of rotatable bonds is 4. The highest BCUT2D eigenvalue weighted by Gasteiger charge is 2.33. The van der Waals surface area contributed by atoms with Gasteiger partial charge in [0.1, 0.15) is 0 Å². The molecule has 1 heterocycles. The van der Waals surface area contributed by atoms with Gasteiger partial charge < -0.3 is 15.4 Å². The Morgan fingerprint density at radius 1 is 1.30 bits per heavy atom. The highest BCUT2D eigenvalue weighted by Crippen LogP contribution is 2.36. The van der Waals surface area contributed by atoms with E-state index in [9.17, 15) is 9.90 Å². The second-order valence-electron chi connectivity index (χ2n) is 5.83. The fourth-order valence-corrected chi connectivity index (χ4v) is 3.08. The van der Waals surface area contributed by atoms with Crippen LogP contribution in [0.4, 0.5) is 0 Å². The van der Waals surface area contributed by atoms with Crippen molar-refractivity contribution >= 4 is 16.8 Å². The van der Waals surface area contributed by atoms with Gasteiger partial charge in [0.15, 0.2) is 0 Å². The maximum atomic E-state index is 12.2. The van der Waals surface area contributed by atoms with E-state index in [1.54, 1.807) is 0 Å². The maximum absolute atomic E-state index is 12.2. The number of aromatic amines is 1. The van der Waals surface area contributed by atoms with Crippen LogP contribution in [-0.4, -0.2) is 29.1 Å². The van der Waals surface area contributed by atoms with Crippen LogP contribution in [0.3, 0.4) is 0 Å². The van der Waals surface area contributed by atoms with Crippen molar-refractivity contribution in [3.05, 3.63) is 36.0 Å². The Kier molecular flexibility index (Phi) is 3.49. The summed E-state index contributed by atoms with van der Waals surface area (Å²) >= 11 is 0. The Bertz CT molecular complexity index is 612. The summed E-state index contributed by atoms with van der Waals surface area (Å²) in [6.45, 7) is 0.720. The standard InChI is InChI=1S/C16H20N2O2/c19-11-16(6-1-2-7-16)10-18-15(20)13-3-4-14-12(9-13)5-8-17-14/h3-5,8-9,17,19H,1-2,6-7,10-11H2,(H,18,20). The van der Waals surface area contributed by atoms with E-state index >= 15 is 0 Å². The third-order valence-electron chi connectivity index (χ3n) is 4.44. The lowest BCUT2D eigenvalue weighted by Crippen LogP contribution is -2.38. The van der Waals surface area contributed by atoms with E-state index in [4.69, 9.17) is 0 Å². The third-order valence-corrected chi connectivity index (χ3v) is 4.44. The Morgan fingerprint density at radius 3 is 2.85 bits per heavy atom. The fourth-order valence-electron chi connectivity index (χ4n) is 3.08. The molecule has 0 unspecified atom stereocenters. The molecular formula is C16H20N2O2. The van der Waals surface area contributed by atoms with E-state index < -0.39 is 0 Å². The highest BCUT2D eigenvalue weighted by molar-refractivity contribution is 5.98. The number of benzene rings is 1. The summed E-state index contributed by atoms with van der Waals surface area (Å²) in [7, 11) is 0. The zero-order valence-corrected chi connectivity index (χ0v) is 11.5. The molecule has 4 heteroatoms. The van der Waals surface area contributed by atoms with Crippen LogP contribution in [-0.2, 0) is 0 Å². The molecule has 1 saturated carbocycles. The van der Waals surface area contributed by atoms with E-state index in [-0.39, 0.29) is 17.9 Å². The molecule has 1 aromatic carbocycles. The summed E-state index contributed by atoms with van der Waals surface area (Å²) in [5.74, 6) is -0.0622. The molecule has 0 atom stereocenters. The molecule has 0 spiro atoms. The van der Waals surface area contributed by atoms with Gasteiger partial charge in [-0.25, -0.2) is 0 Å². The molecule has 4 nitrogen and oxygen atoms in total. The van der Waals surface area contributed by atoms with Gasteiger partial charge in [-0.05, 0) is 37.1 Å². The Labute approximate surface area is 118 Å². The number of aliphatic hydroxyl groups is 1. The number of aromatic nitrogens is 1. The predicted octanol–water partition coefficient (Wildman–Crippen LogP) is 2.45. The SMILES string of the molecule is O=C(NCC1(CO)CCCC1)c1ccc2[nH]ccc2c1. The summed E-state index contributed by atoms with van der Waals surface area (Å²) in [6, 6.07) is 7.59. The number of H-pyrrole nitrogens is 1. The van der Waals surface area contributed by atoms with Crippen molar-refractivity contribution in [3.8, 4) is 0 Å². The summed E-state index contributed by atoms with van der Waals surface area (Å²) in [6.07, 6.45) is 6.16. The molecule has 0 radical (unpaired) electrons. The van der Waals surface area contributed by atoms with Gasteiger partial charge in [0.25, 0.3) is 5.91 Å². The van der Waals surface area contributed by atoms with Crippen molar-refractivity contribution in [3.63, 3.8) is 0 Å². The lowest BCUT2D eigenvalue weighted by atomic mass is 9.87. The molecule has 1 aliphatic carbocycles. The molecule has 1 aromatic heterocycles. The molecule has 3 N–H and O–H groups in total. The van der Waals surface area contributed by atoms with Crippen molar-refractivity contribution in [2.45, 2.75) is 25.7 Å². The van der Waals surface area contributed by atoms with E-state index in [2.05, 4.69) is 10.3 Å². The Hall–Kier alpha value is -1.81. The van der Waals surface area contributed by atoms with Crippen LogP contribution in [0, 0.1) is 5.41 Å². The molecule has 20 heavy (non-hydrogen) atoms. The van der Waals surface area contributed by atoms with Crippen LogP contribution >= 0.6 is 0 Å². The van der Waals surface area contributed by atoms with Gasteiger partial charge in [0.2, 0.25) is 0 Å². The minimum atomic E-state index is -0.103. The average Bonchev–Trinajstić information content (AvgIpc) is 3.13. The van der Waals surface area contributed by atoms with Crippen molar-refractivity contribution in [1.82, 2.24) is 10.3 Å². The summed E-state index contributed by atoms with van der Waals surface area (Å²) < 4.78 is 0. The molecule has 3 rings (SSSR count). The smallest absolute Gasteiger partial charge is 0.251 e. The third kappa shape index (κ3) is 2.43. The normalized spacial score (nSPS) is 17.4. The predicted molar refractivity (Wildman–Crippen MR) is 78.6 cm³/mol. The van der Waals surface area contributed by atoms with E-state index in [0.29, 0.717) is 12.1 Å². The number of fused-ring (bicyclic) bond motifs is 1. The zero-order chi connectivity index (χ0) is 14.0. The largest absolute Gasteiger partial charge is 0.396 e. The highest BCUT2D eigenvalue weighted by atomic mass is 16.3. The maximum Gasteiger partial charge on any atom is 0.251 e. The van der Waals surface area contributed by atoms with Crippen molar-refractivity contribution in [2.75, 3.05) is 13.2 Å². The van der Waals surface area contributed by atoms with Crippen LogP contribution in [0.5, 0.6) is 0 Å². The first kappa shape index (κ1) is 13.2. The van der Waals surface area contributed by atoms with Gasteiger partial charge in [0.05, 0.1) is 6.61 Å². The Balaban J connectivity index is 1.69. The van der Waals surface area contributed by atoms with Crippen LogP contribution in [0.1, 0.15) is 36.0 Å². The van der Waals surface area contributed by atoms with E-state index in [0.717, 1.165) is 36.6 Å². The number of aliphatic hydroxyl groups excluding tert-OH is 1. The first-order chi connectivity index (χ1) is 9.72. The minimum Gasteiger partial charge on any atom is -0.396 e. The second-order valence-corrected chi connectivity index (χ2v) is 5.83. The molecule has 0 aliphatic heterocycles. The van der Waals surface area contributed by atoms with Crippen LogP contribution < -0.4 is 5.32 Å². The second kappa shape index (κ2) is 5.29. The lowest BCUT2D eigenvalue weighted by molar-refractivity contribution is 0.0881. The van der Waals surface area contributed by atoms with Crippen molar-refractivity contribution in [1.29, 1.82) is 0 Å². The number of nitrogens with one attached hydrogen (secondary N) is 2. The fraction of sp³-hybridized carbons (Fsp3) is 0.438. The van der Waals surface area contributed by atoms with E-state index in [1.165, 1.54) is 0 Å². The molecule has 1 amide bonds. The van der Waals surface area contributed by atoms with Crippen LogP contribution in [0.2, 0.25) is 0 Å². The molecule has 1 aliphatic rings. The molecule has 1 fully saturated rings. The number of amides is 1. The first-order valence-corrected chi connectivity index (χ1v) is 7.19. The monoisotopic (exact) mass is 272 g/mol. The van der Waals surface area contributed by atoms with Gasteiger partial charge in [-0.3, -0.25) is 4.79 Å². The van der Waals surface area contributed by atoms with Crippen LogP contribution in [0.15, 0.2) is 30.5 Å². The molecule has 2 aromatic rings. The van der Waals surface area contributed by atoms with E-state index in [1.807, 2.05) is 30.5 Å². The zero-order valence-electron chi connectivity index (χ0n) is 11.5. The first-order valence-electron chi connectivity index (χ1n) is 7.19.